The molecule has 1 unspecified atom stereocenters. The number of nitrogens with two attached hydrogens (primary N) is 1. The van der Waals surface area contributed by atoms with Crippen LogP contribution < -0.4 is 5.73 Å². The van der Waals surface area contributed by atoms with E-state index in [1.54, 1.807) is 4.52 Å². The fourth-order valence-electron chi connectivity index (χ4n) is 1.75. The van der Waals surface area contributed by atoms with Crippen LogP contribution in [0.2, 0.25) is 0 Å². The Hall–Kier alpha value is -1.05. The molecule has 2 aromatic rings. The van der Waals surface area contributed by atoms with Gasteiger partial charge in [-0.2, -0.15) is 9.61 Å². The molecule has 1 saturated heterocycles. The molecule has 0 aromatic carbocycles. The molecule has 0 aliphatic carbocycles. The molecule has 6 nitrogen and oxygen atoms in total. The lowest BCUT2D eigenvalue weighted by Crippen LogP contribution is -2.05. The summed E-state index contributed by atoms with van der Waals surface area (Å²) in [6, 6.07) is 0. The molecule has 2 N–H and O–H groups in total. The summed E-state index contributed by atoms with van der Waals surface area (Å²) >= 11 is 1.49. The zero-order valence-electron chi connectivity index (χ0n) is 8.09. The third kappa shape index (κ3) is 1.43. The van der Waals surface area contributed by atoms with Gasteiger partial charge in [-0.05, 0) is 6.42 Å². The van der Waals surface area contributed by atoms with Crippen molar-refractivity contribution in [3.63, 3.8) is 0 Å². The summed E-state index contributed by atoms with van der Waals surface area (Å²) in [5.74, 6) is 1.23. The number of hydrogen-bond donors (Lipinski definition) is 1. The molecule has 0 saturated carbocycles. The molecular formula is C8H11N5OS. The van der Waals surface area contributed by atoms with Crippen LogP contribution in [0.25, 0.3) is 4.96 Å². The Morgan fingerprint density at radius 1 is 1.53 bits per heavy atom. The molecule has 0 bridgehead atoms. The zero-order valence-corrected chi connectivity index (χ0v) is 8.90. The standard InChI is InChI=1S/C8H11N5OS/c9-3-6-12-13-7(5-1-2-14-4-5)10-11-8(13)15-6/h5H,1-4,9H2. The van der Waals surface area contributed by atoms with Crippen LogP contribution in [0.4, 0.5) is 0 Å². The van der Waals surface area contributed by atoms with Crippen molar-refractivity contribution < 1.29 is 4.74 Å². The maximum atomic E-state index is 5.54. The summed E-state index contributed by atoms with van der Waals surface area (Å²) in [6.07, 6.45) is 0.996. The van der Waals surface area contributed by atoms with Gasteiger partial charge in [-0.1, -0.05) is 11.3 Å². The van der Waals surface area contributed by atoms with Crippen molar-refractivity contribution in [2.75, 3.05) is 13.2 Å². The molecule has 1 atom stereocenters. The van der Waals surface area contributed by atoms with Gasteiger partial charge >= 0.3 is 0 Å². The van der Waals surface area contributed by atoms with E-state index in [1.807, 2.05) is 0 Å². The molecule has 7 heteroatoms. The molecule has 0 radical (unpaired) electrons. The summed E-state index contributed by atoms with van der Waals surface area (Å²) in [4.78, 5) is 0.817. The molecule has 2 aromatic heterocycles. The van der Waals surface area contributed by atoms with E-state index in [2.05, 4.69) is 15.3 Å². The Kier molecular flexibility index (Phi) is 2.15. The van der Waals surface area contributed by atoms with Gasteiger partial charge < -0.3 is 10.5 Å². The number of rotatable bonds is 2. The average Bonchev–Trinajstić information content (AvgIpc) is 2.92. The van der Waals surface area contributed by atoms with E-state index in [0.717, 1.165) is 35.4 Å². The number of aromatic nitrogens is 4. The molecule has 1 aliphatic rings. The van der Waals surface area contributed by atoms with Crippen LogP contribution in [0, 0.1) is 0 Å². The van der Waals surface area contributed by atoms with Crippen LogP contribution >= 0.6 is 11.3 Å². The van der Waals surface area contributed by atoms with Gasteiger partial charge in [0.05, 0.1) is 6.61 Å². The van der Waals surface area contributed by atoms with Crippen LogP contribution in [0.1, 0.15) is 23.2 Å². The smallest absolute Gasteiger partial charge is 0.234 e. The maximum Gasteiger partial charge on any atom is 0.234 e. The first-order chi connectivity index (χ1) is 7.38. The lowest BCUT2D eigenvalue weighted by atomic mass is 10.1. The maximum absolute atomic E-state index is 5.54. The van der Waals surface area contributed by atoms with E-state index >= 15 is 0 Å². The Balaban J connectivity index is 2.05. The fourth-order valence-corrected chi connectivity index (χ4v) is 2.47. The van der Waals surface area contributed by atoms with Crippen LogP contribution in [-0.4, -0.2) is 33.0 Å². The van der Waals surface area contributed by atoms with Crippen LogP contribution in [0.15, 0.2) is 0 Å². The Bertz CT molecular complexity index is 472. The summed E-state index contributed by atoms with van der Waals surface area (Å²) in [6.45, 7) is 1.97. The minimum absolute atomic E-state index is 0.327. The highest BCUT2D eigenvalue weighted by Gasteiger charge is 2.24. The predicted octanol–water partition coefficient (Wildman–Crippen LogP) is 0.148. The summed E-state index contributed by atoms with van der Waals surface area (Å²) < 4.78 is 7.13. The third-order valence-electron chi connectivity index (χ3n) is 2.53. The van der Waals surface area contributed by atoms with Gasteiger partial charge in [0.2, 0.25) is 4.96 Å². The first-order valence-corrected chi connectivity index (χ1v) is 5.69. The van der Waals surface area contributed by atoms with Crippen LogP contribution in [0.5, 0.6) is 0 Å². The van der Waals surface area contributed by atoms with Gasteiger partial charge in [0.25, 0.3) is 0 Å². The molecule has 3 heterocycles. The third-order valence-corrected chi connectivity index (χ3v) is 3.45. The largest absolute Gasteiger partial charge is 0.381 e. The fraction of sp³-hybridized carbons (Fsp3) is 0.625. The van der Waals surface area contributed by atoms with E-state index in [1.165, 1.54) is 11.3 Å². The van der Waals surface area contributed by atoms with Crippen molar-refractivity contribution >= 4 is 16.3 Å². The van der Waals surface area contributed by atoms with Crippen molar-refractivity contribution in [3.05, 3.63) is 10.8 Å². The van der Waals surface area contributed by atoms with E-state index in [9.17, 15) is 0 Å². The van der Waals surface area contributed by atoms with E-state index in [0.29, 0.717) is 12.5 Å². The molecular weight excluding hydrogens is 214 g/mol. The Labute approximate surface area is 90.1 Å². The molecule has 1 aliphatic heterocycles. The van der Waals surface area contributed by atoms with E-state index in [4.69, 9.17) is 10.5 Å². The topological polar surface area (TPSA) is 78.3 Å². The minimum atomic E-state index is 0.327. The highest BCUT2D eigenvalue weighted by atomic mass is 32.1. The van der Waals surface area contributed by atoms with Gasteiger partial charge in [-0.25, -0.2) is 0 Å². The second-order valence-electron chi connectivity index (χ2n) is 3.51. The van der Waals surface area contributed by atoms with Crippen LogP contribution in [0.3, 0.4) is 0 Å². The van der Waals surface area contributed by atoms with Crippen molar-refractivity contribution in [1.29, 1.82) is 0 Å². The number of ether oxygens (including phenoxy) is 1. The first kappa shape index (κ1) is 9.20. The van der Waals surface area contributed by atoms with Crippen molar-refractivity contribution in [3.8, 4) is 0 Å². The highest BCUT2D eigenvalue weighted by molar-refractivity contribution is 7.16. The monoisotopic (exact) mass is 225 g/mol. The lowest BCUT2D eigenvalue weighted by molar-refractivity contribution is 0.193. The molecule has 15 heavy (non-hydrogen) atoms. The van der Waals surface area contributed by atoms with Gasteiger partial charge in [0.1, 0.15) is 5.01 Å². The van der Waals surface area contributed by atoms with Crippen molar-refractivity contribution in [1.82, 2.24) is 19.8 Å². The van der Waals surface area contributed by atoms with Gasteiger partial charge in [-0.15, -0.1) is 10.2 Å². The number of nitrogens with zero attached hydrogens (tertiary/aromatic N) is 4. The summed E-state index contributed by atoms with van der Waals surface area (Å²) in [5.41, 5.74) is 5.54. The normalized spacial score (nSPS) is 21.5. The Morgan fingerprint density at radius 3 is 3.20 bits per heavy atom. The first-order valence-electron chi connectivity index (χ1n) is 4.87. The second kappa shape index (κ2) is 3.51. The lowest BCUT2D eigenvalue weighted by Gasteiger charge is -2.01. The quantitative estimate of drug-likeness (QED) is 0.787. The SMILES string of the molecule is NCc1nn2c(C3CCOC3)nnc2s1. The second-order valence-corrected chi connectivity index (χ2v) is 4.55. The zero-order chi connectivity index (χ0) is 10.3. The van der Waals surface area contributed by atoms with Crippen molar-refractivity contribution in [2.24, 2.45) is 5.73 Å². The summed E-state index contributed by atoms with van der Waals surface area (Å²) in [5, 5.41) is 13.5. The summed E-state index contributed by atoms with van der Waals surface area (Å²) in [7, 11) is 0. The molecule has 3 rings (SSSR count). The number of fused-ring (bicyclic) bond motifs is 1. The average molecular weight is 225 g/mol. The van der Waals surface area contributed by atoms with Crippen molar-refractivity contribution in [2.45, 2.75) is 18.9 Å². The predicted molar refractivity (Wildman–Crippen MR) is 54.7 cm³/mol. The Morgan fingerprint density at radius 2 is 2.47 bits per heavy atom. The number of hydrogen-bond acceptors (Lipinski definition) is 6. The van der Waals surface area contributed by atoms with Crippen LogP contribution in [-0.2, 0) is 11.3 Å². The highest BCUT2D eigenvalue weighted by Crippen LogP contribution is 2.25. The molecule has 1 fully saturated rings. The van der Waals surface area contributed by atoms with E-state index < -0.39 is 0 Å². The molecule has 80 valence electrons. The van der Waals surface area contributed by atoms with Gasteiger partial charge in [0.15, 0.2) is 5.82 Å². The van der Waals surface area contributed by atoms with E-state index in [-0.39, 0.29) is 0 Å². The molecule has 0 amide bonds. The van der Waals surface area contributed by atoms with Gasteiger partial charge in [0, 0.05) is 19.1 Å². The van der Waals surface area contributed by atoms with Gasteiger partial charge in [-0.3, -0.25) is 0 Å². The minimum Gasteiger partial charge on any atom is -0.381 e. The molecule has 0 spiro atoms.